The third kappa shape index (κ3) is 2.76. The van der Waals surface area contributed by atoms with Gasteiger partial charge in [0, 0.05) is 12.4 Å². The van der Waals surface area contributed by atoms with Crippen LogP contribution < -0.4 is 5.73 Å². The fraction of sp³-hybridized carbons (Fsp3) is 0.500. The molecular formula is C10H15N3OS2. The number of thiocarbonyl (C=S) groups is 1. The van der Waals surface area contributed by atoms with Gasteiger partial charge in [-0.25, -0.2) is 4.98 Å². The molecule has 0 radical (unpaired) electrons. The van der Waals surface area contributed by atoms with E-state index in [0.29, 0.717) is 6.54 Å². The maximum absolute atomic E-state index is 12.1. The second kappa shape index (κ2) is 4.88. The number of hydrogen-bond donors (Lipinski definition) is 1. The molecule has 0 spiro atoms. The van der Waals surface area contributed by atoms with Gasteiger partial charge >= 0.3 is 0 Å². The van der Waals surface area contributed by atoms with Gasteiger partial charge in [-0.1, -0.05) is 12.2 Å². The van der Waals surface area contributed by atoms with E-state index in [0.717, 1.165) is 5.69 Å². The molecule has 88 valence electrons. The van der Waals surface area contributed by atoms with Crippen molar-refractivity contribution in [3.8, 4) is 0 Å². The number of rotatable bonds is 4. The summed E-state index contributed by atoms with van der Waals surface area (Å²) in [5.74, 6) is -0.0898. The summed E-state index contributed by atoms with van der Waals surface area (Å²) in [5.41, 5.74) is 7.36. The predicted octanol–water partition coefficient (Wildman–Crippen LogP) is 1.41. The van der Waals surface area contributed by atoms with Crippen LogP contribution in [0.15, 0.2) is 10.9 Å². The van der Waals surface area contributed by atoms with Gasteiger partial charge in [0.25, 0.3) is 0 Å². The molecule has 0 aromatic carbocycles. The normalized spacial score (nSPS) is 11.2. The van der Waals surface area contributed by atoms with Gasteiger partial charge in [-0.3, -0.25) is 4.79 Å². The SMILES string of the molecule is CN(Cc1cscn1)C(=O)C(C)(C)C(N)=S. The number of carbonyl (C=O) groups excluding carboxylic acids is 1. The second-order valence-corrected chi connectivity index (χ2v) is 5.29. The Labute approximate surface area is 104 Å². The lowest BCUT2D eigenvalue weighted by Crippen LogP contribution is -2.45. The first kappa shape index (κ1) is 13.1. The van der Waals surface area contributed by atoms with Crippen molar-refractivity contribution < 1.29 is 4.79 Å². The van der Waals surface area contributed by atoms with E-state index in [1.54, 1.807) is 31.3 Å². The number of nitrogens with two attached hydrogens (primary N) is 1. The van der Waals surface area contributed by atoms with Crippen LogP contribution in [-0.4, -0.2) is 27.8 Å². The molecule has 0 saturated heterocycles. The molecule has 1 aromatic rings. The molecule has 0 bridgehead atoms. The van der Waals surface area contributed by atoms with Gasteiger partial charge in [0.2, 0.25) is 5.91 Å². The Balaban J connectivity index is 2.71. The van der Waals surface area contributed by atoms with E-state index in [-0.39, 0.29) is 10.9 Å². The van der Waals surface area contributed by atoms with E-state index >= 15 is 0 Å². The van der Waals surface area contributed by atoms with Crippen LogP contribution in [-0.2, 0) is 11.3 Å². The molecule has 1 rings (SSSR count). The van der Waals surface area contributed by atoms with Crippen LogP contribution >= 0.6 is 23.6 Å². The Morgan fingerprint density at radius 3 is 2.75 bits per heavy atom. The average Bonchev–Trinajstić information content (AvgIpc) is 2.68. The van der Waals surface area contributed by atoms with Crippen molar-refractivity contribution in [3.63, 3.8) is 0 Å². The molecule has 1 heterocycles. The van der Waals surface area contributed by atoms with Crippen molar-refractivity contribution in [1.29, 1.82) is 0 Å². The lowest BCUT2D eigenvalue weighted by atomic mass is 9.92. The summed E-state index contributed by atoms with van der Waals surface area (Å²) >= 11 is 6.40. The molecule has 0 atom stereocenters. The summed E-state index contributed by atoms with van der Waals surface area (Å²) in [6.07, 6.45) is 0. The highest BCUT2D eigenvalue weighted by atomic mass is 32.1. The molecule has 1 amide bonds. The highest BCUT2D eigenvalue weighted by Crippen LogP contribution is 2.19. The minimum absolute atomic E-state index is 0.0898. The van der Waals surface area contributed by atoms with Crippen molar-refractivity contribution in [3.05, 3.63) is 16.6 Å². The first-order chi connectivity index (χ1) is 7.35. The molecule has 6 heteroatoms. The molecule has 0 fully saturated rings. The predicted molar refractivity (Wildman–Crippen MR) is 69.2 cm³/mol. The Bertz CT molecular complexity index is 387. The number of nitrogens with zero attached hydrogens (tertiary/aromatic N) is 2. The summed E-state index contributed by atoms with van der Waals surface area (Å²) in [7, 11) is 1.72. The summed E-state index contributed by atoms with van der Waals surface area (Å²) in [4.78, 5) is 18.0. The fourth-order valence-corrected chi connectivity index (χ4v) is 1.85. The zero-order chi connectivity index (χ0) is 12.3. The van der Waals surface area contributed by atoms with Crippen LogP contribution in [0.3, 0.4) is 0 Å². The molecular weight excluding hydrogens is 242 g/mol. The molecule has 0 aliphatic heterocycles. The Morgan fingerprint density at radius 2 is 2.31 bits per heavy atom. The minimum atomic E-state index is -0.805. The maximum atomic E-state index is 12.1. The van der Waals surface area contributed by atoms with E-state index in [1.165, 1.54) is 11.3 Å². The van der Waals surface area contributed by atoms with Crippen molar-refractivity contribution >= 4 is 34.5 Å². The van der Waals surface area contributed by atoms with Crippen molar-refractivity contribution in [2.75, 3.05) is 7.05 Å². The molecule has 0 unspecified atom stereocenters. The van der Waals surface area contributed by atoms with Crippen LogP contribution in [0.25, 0.3) is 0 Å². The van der Waals surface area contributed by atoms with Gasteiger partial charge in [0.15, 0.2) is 0 Å². The van der Waals surface area contributed by atoms with Crippen molar-refractivity contribution in [2.45, 2.75) is 20.4 Å². The molecule has 4 nitrogen and oxygen atoms in total. The van der Waals surface area contributed by atoms with Gasteiger partial charge in [0.1, 0.15) is 0 Å². The van der Waals surface area contributed by atoms with Crippen LogP contribution in [0.2, 0.25) is 0 Å². The molecule has 1 aromatic heterocycles. The first-order valence-corrected chi connectivity index (χ1v) is 6.13. The summed E-state index contributed by atoms with van der Waals surface area (Å²) in [6.45, 7) is 3.94. The average molecular weight is 257 g/mol. The smallest absolute Gasteiger partial charge is 0.235 e. The third-order valence-corrected chi connectivity index (χ3v) is 3.53. The molecule has 0 aliphatic rings. The zero-order valence-electron chi connectivity index (χ0n) is 9.56. The first-order valence-electron chi connectivity index (χ1n) is 4.78. The van der Waals surface area contributed by atoms with E-state index < -0.39 is 5.41 Å². The standard InChI is InChI=1S/C10H15N3OS2/c1-10(2,8(11)15)9(14)13(3)4-7-5-16-6-12-7/h5-6H,4H2,1-3H3,(H2,11,15). The molecule has 2 N–H and O–H groups in total. The minimum Gasteiger partial charge on any atom is -0.392 e. The largest absolute Gasteiger partial charge is 0.392 e. The summed E-state index contributed by atoms with van der Waals surface area (Å²) in [6, 6.07) is 0. The molecule has 16 heavy (non-hydrogen) atoms. The van der Waals surface area contributed by atoms with E-state index in [9.17, 15) is 4.79 Å². The number of hydrogen-bond acceptors (Lipinski definition) is 4. The molecule has 0 aliphatic carbocycles. The fourth-order valence-electron chi connectivity index (χ4n) is 1.21. The second-order valence-electron chi connectivity index (χ2n) is 4.13. The van der Waals surface area contributed by atoms with E-state index in [4.69, 9.17) is 18.0 Å². The van der Waals surface area contributed by atoms with Crippen LogP contribution in [0.4, 0.5) is 0 Å². The Morgan fingerprint density at radius 1 is 1.69 bits per heavy atom. The Hall–Kier alpha value is -1.01. The van der Waals surface area contributed by atoms with Crippen LogP contribution in [0.5, 0.6) is 0 Å². The van der Waals surface area contributed by atoms with Gasteiger partial charge in [-0.05, 0) is 13.8 Å². The third-order valence-electron chi connectivity index (χ3n) is 2.38. The number of carbonyl (C=O) groups is 1. The highest BCUT2D eigenvalue weighted by molar-refractivity contribution is 7.80. The van der Waals surface area contributed by atoms with E-state index in [1.807, 2.05) is 5.38 Å². The lowest BCUT2D eigenvalue weighted by molar-refractivity contribution is -0.136. The molecule has 0 saturated carbocycles. The van der Waals surface area contributed by atoms with Crippen molar-refractivity contribution in [2.24, 2.45) is 11.1 Å². The topological polar surface area (TPSA) is 59.2 Å². The zero-order valence-corrected chi connectivity index (χ0v) is 11.2. The van der Waals surface area contributed by atoms with Gasteiger partial charge in [-0.2, -0.15) is 0 Å². The quantitative estimate of drug-likeness (QED) is 0.829. The lowest BCUT2D eigenvalue weighted by Gasteiger charge is -2.27. The summed E-state index contributed by atoms with van der Waals surface area (Å²) in [5, 5.41) is 1.91. The highest BCUT2D eigenvalue weighted by Gasteiger charge is 2.33. The number of thiazole rings is 1. The number of amides is 1. The van der Waals surface area contributed by atoms with Gasteiger partial charge < -0.3 is 10.6 Å². The van der Waals surface area contributed by atoms with Gasteiger partial charge in [-0.15, -0.1) is 11.3 Å². The maximum Gasteiger partial charge on any atom is 0.235 e. The van der Waals surface area contributed by atoms with Crippen LogP contribution in [0, 0.1) is 5.41 Å². The van der Waals surface area contributed by atoms with Gasteiger partial charge in [0.05, 0.1) is 28.2 Å². The van der Waals surface area contributed by atoms with E-state index in [2.05, 4.69) is 4.98 Å². The number of aromatic nitrogens is 1. The Kier molecular flexibility index (Phi) is 3.98. The monoisotopic (exact) mass is 257 g/mol. The van der Waals surface area contributed by atoms with Crippen molar-refractivity contribution in [1.82, 2.24) is 9.88 Å². The van der Waals surface area contributed by atoms with Crippen LogP contribution in [0.1, 0.15) is 19.5 Å². The summed E-state index contributed by atoms with van der Waals surface area (Å²) < 4.78 is 0.